The molecule has 128 valence electrons. The first kappa shape index (κ1) is 16.8. The molecule has 5 heteroatoms. The Kier molecular flexibility index (Phi) is 5.62. The van der Waals surface area contributed by atoms with Crippen molar-refractivity contribution in [3.8, 4) is 0 Å². The fourth-order valence-corrected chi connectivity index (χ4v) is 3.72. The van der Waals surface area contributed by atoms with Gasteiger partial charge in [-0.05, 0) is 32.5 Å². The van der Waals surface area contributed by atoms with Crippen LogP contribution in [0, 0.1) is 11.6 Å². The van der Waals surface area contributed by atoms with E-state index in [0.717, 1.165) is 51.8 Å². The number of nitrogens with zero attached hydrogens (tertiary/aromatic N) is 3. The Hall–Kier alpha value is -1.04. The molecule has 3 nitrogen and oxygen atoms in total. The van der Waals surface area contributed by atoms with E-state index in [1.54, 1.807) is 6.07 Å². The molecule has 0 N–H and O–H groups in total. The van der Waals surface area contributed by atoms with Crippen LogP contribution in [0.1, 0.15) is 24.8 Å². The van der Waals surface area contributed by atoms with E-state index in [4.69, 9.17) is 0 Å². The average Bonchev–Trinajstić information content (AvgIpc) is 2.76. The van der Waals surface area contributed by atoms with Gasteiger partial charge in [-0.3, -0.25) is 9.80 Å². The third-order valence-electron chi connectivity index (χ3n) is 5.19. The topological polar surface area (TPSA) is 9.72 Å². The second-order valence-electron chi connectivity index (χ2n) is 6.96. The standard InChI is InChI=1S/C18H27F2N3/c1-21-8-10-23(11-9-21)17-4-2-3-7-22(14-17)13-15-5-6-16(19)12-18(15)20/h5-6,12,17H,2-4,7-11,13-14H2,1H3/t17-/m1/s1. The van der Waals surface area contributed by atoms with Crippen molar-refractivity contribution in [2.75, 3.05) is 46.3 Å². The normalized spacial score (nSPS) is 25.4. The summed E-state index contributed by atoms with van der Waals surface area (Å²) in [6.07, 6.45) is 3.62. The lowest BCUT2D eigenvalue weighted by molar-refractivity contribution is 0.0872. The van der Waals surface area contributed by atoms with Crippen LogP contribution in [0.25, 0.3) is 0 Å². The molecule has 2 aliphatic heterocycles. The summed E-state index contributed by atoms with van der Waals surface area (Å²) < 4.78 is 27.0. The van der Waals surface area contributed by atoms with Crippen LogP contribution in [-0.4, -0.2) is 67.1 Å². The summed E-state index contributed by atoms with van der Waals surface area (Å²) in [7, 11) is 2.17. The van der Waals surface area contributed by atoms with E-state index < -0.39 is 11.6 Å². The number of halogens is 2. The van der Waals surface area contributed by atoms with Crippen LogP contribution in [-0.2, 0) is 6.54 Å². The number of rotatable bonds is 3. The lowest BCUT2D eigenvalue weighted by Gasteiger charge is -2.39. The first-order chi connectivity index (χ1) is 11.1. The highest BCUT2D eigenvalue weighted by Gasteiger charge is 2.26. The fraction of sp³-hybridized carbons (Fsp3) is 0.667. The van der Waals surface area contributed by atoms with Crippen molar-refractivity contribution in [1.29, 1.82) is 0 Å². The number of likely N-dealkylation sites (N-methyl/N-ethyl adjacent to an activating group) is 1. The minimum atomic E-state index is -0.502. The summed E-state index contributed by atoms with van der Waals surface area (Å²) in [6, 6.07) is 4.49. The molecular formula is C18H27F2N3. The van der Waals surface area contributed by atoms with Crippen molar-refractivity contribution in [2.24, 2.45) is 0 Å². The van der Waals surface area contributed by atoms with E-state index in [2.05, 4.69) is 21.7 Å². The zero-order chi connectivity index (χ0) is 16.2. The third kappa shape index (κ3) is 4.49. The van der Waals surface area contributed by atoms with E-state index in [0.29, 0.717) is 18.2 Å². The molecule has 1 aromatic rings. The maximum absolute atomic E-state index is 13.9. The molecule has 0 unspecified atom stereocenters. The second kappa shape index (κ2) is 7.69. The number of likely N-dealkylation sites (tertiary alicyclic amines) is 1. The molecule has 1 atom stereocenters. The molecule has 0 aromatic heterocycles. The van der Waals surface area contributed by atoms with Crippen molar-refractivity contribution in [2.45, 2.75) is 31.8 Å². The Balaban J connectivity index is 1.62. The van der Waals surface area contributed by atoms with Crippen molar-refractivity contribution >= 4 is 0 Å². The van der Waals surface area contributed by atoms with Gasteiger partial charge in [0.15, 0.2) is 0 Å². The van der Waals surface area contributed by atoms with Crippen LogP contribution >= 0.6 is 0 Å². The Morgan fingerprint density at radius 3 is 2.57 bits per heavy atom. The van der Waals surface area contributed by atoms with Crippen LogP contribution in [0.3, 0.4) is 0 Å². The van der Waals surface area contributed by atoms with E-state index in [1.165, 1.54) is 18.9 Å². The molecule has 23 heavy (non-hydrogen) atoms. The van der Waals surface area contributed by atoms with Gasteiger partial charge < -0.3 is 4.90 Å². The molecule has 3 rings (SSSR count). The SMILES string of the molecule is CN1CCN([C@@H]2CCCCN(Cc3ccc(F)cc3F)C2)CC1. The van der Waals surface area contributed by atoms with Gasteiger partial charge in [0, 0.05) is 56.9 Å². The third-order valence-corrected chi connectivity index (χ3v) is 5.19. The van der Waals surface area contributed by atoms with Gasteiger partial charge in [-0.1, -0.05) is 12.5 Å². The molecule has 0 radical (unpaired) electrons. The minimum absolute atomic E-state index is 0.426. The molecule has 1 aromatic carbocycles. The van der Waals surface area contributed by atoms with Crippen LogP contribution in [0.4, 0.5) is 8.78 Å². The predicted octanol–water partition coefficient (Wildman–Crippen LogP) is 2.57. The van der Waals surface area contributed by atoms with E-state index in [9.17, 15) is 8.78 Å². The minimum Gasteiger partial charge on any atom is -0.304 e. The molecule has 0 saturated carbocycles. The largest absolute Gasteiger partial charge is 0.304 e. The fourth-order valence-electron chi connectivity index (χ4n) is 3.72. The molecule has 2 saturated heterocycles. The summed E-state index contributed by atoms with van der Waals surface area (Å²) in [5.74, 6) is -0.928. The van der Waals surface area contributed by atoms with Gasteiger partial charge in [-0.15, -0.1) is 0 Å². The molecule has 2 heterocycles. The lowest BCUT2D eigenvalue weighted by atomic mass is 10.1. The highest BCUT2D eigenvalue weighted by Crippen LogP contribution is 2.20. The van der Waals surface area contributed by atoms with Crippen molar-refractivity contribution < 1.29 is 8.78 Å². The molecule has 0 aliphatic carbocycles. The van der Waals surface area contributed by atoms with Gasteiger partial charge in [0.05, 0.1) is 0 Å². The lowest BCUT2D eigenvalue weighted by Crippen LogP contribution is -2.51. The maximum Gasteiger partial charge on any atom is 0.130 e. The summed E-state index contributed by atoms with van der Waals surface area (Å²) in [5, 5.41) is 0. The van der Waals surface area contributed by atoms with Crippen molar-refractivity contribution in [3.05, 3.63) is 35.4 Å². The average molecular weight is 323 g/mol. The molecule has 0 amide bonds. The summed E-state index contributed by atoms with van der Waals surface area (Å²) in [5.41, 5.74) is 0.602. The Bertz CT molecular complexity index is 515. The van der Waals surface area contributed by atoms with Gasteiger partial charge >= 0.3 is 0 Å². The zero-order valence-electron chi connectivity index (χ0n) is 14.0. The summed E-state index contributed by atoms with van der Waals surface area (Å²) in [4.78, 5) is 7.31. The summed E-state index contributed by atoms with van der Waals surface area (Å²) >= 11 is 0. The second-order valence-corrected chi connectivity index (χ2v) is 6.96. The number of benzene rings is 1. The highest BCUT2D eigenvalue weighted by atomic mass is 19.1. The van der Waals surface area contributed by atoms with Gasteiger partial charge in [0.1, 0.15) is 11.6 Å². The monoisotopic (exact) mass is 323 g/mol. The zero-order valence-corrected chi connectivity index (χ0v) is 14.0. The molecule has 2 fully saturated rings. The smallest absolute Gasteiger partial charge is 0.130 e. The first-order valence-electron chi connectivity index (χ1n) is 8.71. The Labute approximate surface area is 137 Å². The predicted molar refractivity (Wildman–Crippen MR) is 88.3 cm³/mol. The van der Waals surface area contributed by atoms with Crippen LogP contribution in [0.5, 0.6) is 0 Å². The maximum atomic E-state index is 13.9. The quantitative estimate of drug-likeness (QED) is 0.846. The number of piperazine rings is 1. The Morgan fingerprint density at radius 1 is 1.04 bits per heavy atom. The van der Waals surface area contributed by atoms with E-state index >= 15 is 0 Å². The molecule has 2 aliphatic rings. The van der Waals surface area contributed by atoms with Gasteiger partial charge in [-0.2, -0.15) is 0 Å². The molecular weight excluding hydrogens is 296 g/mol. The number of hydrogen-bond acceptors (Lipinski definition) is 3. The van der Waals surface area contributed by atoms with Crippen LogP contribution in [0.2, 0.25) is 0 Å². The van der Waals surface area contributed by atoms with E-state index in [1.807, 2.05) is 0 Å². The van der Waals surface area contributed by atoms with Crippen LogP contribution in [0.15, 0.2) is 18.2 Å². The molecule has 0 spiro atoms. The highest BCUT2D eigenvalue weighted by molar-refractivity contribution is 5.18. The Morgan fingerprint density at radius 2 is 1.83 bits per heavy atom. The van der Waals surface area contributed by atoms with Crippen molar-refractivity contribution in [3.63, 3.8) is 0 Å². The van der Waals surface area contributed by atoms with Gasteiger partial charge in [0.25, 0.3) is 0 Å². The van der Waals surface area contributed by atoms with Gasteiger partial charge in [0.2, 0.25) is 0 Å². The van der Waals surface area contributed by atoms with E-state index in [-0.39, 0.29) is 0 Å². The molecule has 0 bridgehead atoms. The van der Waals surface area contributed by atoms with Crippen LogP contribution < -0.4 is 0 Å². The number of hydrogen-bond donors (Lipinski definition) is 0. The van der Waals surface area contributed by atoms with Crippen molar-refractivity contribution in [1.82, 2.24) is 14.7 Å². The van der Waals surface area contributed by atoms with Gasteiger partial charge in [-0.25, -0.2) is 8.78 Å². The first-order valence-corrected chi connectivity index (χ1v) is 8.71. The summed E-state index contributed by atoms with van der Waals surface area (Å²) in [6.45, 7) is 7.07.